The van der Waals surface area contributed by atoms with Crippen LogP contribution in [0.3, 0.4) is 0 Å². The van der Waals surface area contributed by atoms with Crippen LogP contribution in [0.25, 0.3) is 22.2 Å². The number of nitriles is 1. The maximum atomic E-state index is 12.2. The van der Waals surface area contributed by atoms with Crippen molar-refractivity contribution in [1.82, 2.24) is 10.1 Å². The Morgan fingerprint density at radius 1 is 1.33 bits per heavy atom. The summed E-state index contributed by atoms with van der Waals surface area (Å²) >= 11 is 0. The minimum atomic E-state index is -1.95. The molecule has 0 aliphatic carbocycles. The quantitative estimate of drug-likeness (QED) is 0.436. The first kappa shape index (κ1) is 17.8. The number of ether oxygens (including phenoxy) is 1. The summed E-state index contributed by atoms with van der Waals surface area (Å²) in [5, 5.41) is 32.5. The summed E-state index contributed by atoms with van der Waals surface area (Å²) < 4.78 is 10.2. The van der Waals surface area contributed by atoms with Gasteiger partial charge in [-0.1, -0.05) is 5.16 Å². The lowest BCUT2D eigenvalue weighted by molar-refractivity contribution is -0.137. The number of carbonyl (C=O) groups is 2. The number of pyridine rings is 1. The summed E-state index contributed by atoms with van der Waals surface area (Å²) in [6.45, 7) is 0. The van der Waals surface area contributed by atoms with Crippen molar-refractivity contribution in [1.29, 1.82) is 5.26 Å². The van der Waals surface area contributed by atoms with Gasteiger partial charge in [0.05, 0.1) is 12.5 Å². The minimum absolute atomic E-state index is 0.0839. The van der Waals surface area contributed by atoms with Gasteiger partial charge in [-0.05, 0) is 24.3 Å². The summed E-state index contributed by atoms with van der Waals surface area (Å²) in [6.07, 6.45) is 0. The zero-order valence-electron chi connectivity index (χ0n) is 13.8. The van der Waals surface area contributed by atoms with Crippen molar-refractivity contribution in [2.45, 2.75) is 6.04 Å². The van der Waals surface area contributed by atoms with E-state index < -0.39 is 29.2 Å². The number of fused-ring (bicyclic) bond motifs is 1. The zero-order chi connectivity index (χ0) is 19.7. The molecule has 10 heteroatoms. The lowest BCUT2D eigenvalue weighted by Gasteiger charge is -2.07. The second kappa shape index (κ2) is 6.74. The van der Waals surface area contributed by atoms with Gasteiger partial charge in [0.2, 0.25) is 11.4 Å². The van der Waals surface area contributed by atoms with Crippen LogP contribution in [0.2, 0.25) is 0 Å². The molecule has 0 saturated heterocycles. The normalized spacial score (nSPS) is 11.7. The first-order valence-corrected chi connectivity index (χ1v) is 7.48. The molecule has 2 aromatic heterocycles. The number of rotatable bonds is 5. The third-order valence-electron chi connectivity index (χ3n) is 3.84. The molecule has 1 aromatic carbocycles. The summed E-state index contributed by atoms with van der Waals surface area (Å²) in [5.41, 5.74) is 4.83. The number of methoxy groups -OCH3 is 1. The number of carboxylic acids is 1. The highest BCUT2D eigenvalue weighted by Gasteiger charge is 2.31. The second-order valence-electron chi connectivity index (χ2n) is 5.41. The van der Waals surface area contributed by atoms with Crippen molar-refractivity contribution in [2.75, 3.05) is 7.11 Å². The van der Waals surface area contributed by atoms with Gasteiger partial charge in [-0.25, -0.2) is 4.98 Å². The highest BCUT2D eigenvalue weighted by Crippen LogP contribution is 2.37. The highest BCUT2D eigenvalue weighted by molar-refractivity contribution is 6.14. The van der Waals surface area contributed by atoms with Gasteiger partial charge in [0, 0.05) is 5.56 Å². The highest BCUT2D eigenvalue weighted by atomic mass is 16.5. The Hall–Kier alpha value is -3.97. The predicted octanol–water partition coefficient (Wildman–Crippen LogP) is 1.07. The van der Waals surface area contributed by atoms with Crippen molar-refractivity contribution in [2.24, 2.45) is 5.73 Å². The number of Topliss-reactive ketones (excluding diaryl/α,β-unsaturated/α-hetero) is 1. The Labute approximate surface area is 151 Å². The number of nitrogens with zero attached hydrogens (tertiary/aromatic N) is 3. The van der Waals surface area contributed by atoms with Crippen LogP contribution in [0.4, 0.5) is 0 Å². The average Bonchev–Trinajstić information content (AvgIpc) is 3.13. The Balaban J connectivity index is 2.22. The number of carboxylic acid groups (broad SMARTS) is 1. The van der Waals surface area contributed by atoms with E-state index in [0.717, 1.165) is 0 Å². The third kappa shape index (κ3) is 2.92. The number of hydrogen-bond donors (Lipinski definition) is 3. The molecule has 3 rings (SSSR count). The molecule has 0 aliphatic heterocycles. The molecule has 0 aliphatic rings. The number of benzene rings is 1. The van der Waals surface area contributed by atoms with Gasteiger partial charge in [0.25, 0.3) is 0 Å². The molecule has 0 saturated carbocycles. The molecule has 0 bridgehead atoms. The molecule has 0 spiro atoms. The van der Waals surface area contributed by atoms with Crippen LogP contribution in [0.5, 0.6) is 11.5 Å². The van der Waals surface area contributed by atoms with Gasteiger partial charge in [-0.3, -0.25) is 9.59 Å². The number of nitrogens with two attached hydrogens (primary N) is 1. The van der Waals surface area contributed by atoms with Gasteiger partial charge in [0.15, 0.2) is 23.2 Å². The van der Waals surface area contributed by atoms with E-state index in [1.807, 2.05) is 0 Å². The van der Waals surface area contributed by atoms with Crippen molar-refractivity contribution >= 4 is 22.7 Å². The van der Waals surface area contributed by atoms with E-state index in [1.54, 1.807) is 30.3 Å². The molecule has 27 heavy (non-hydrogen) atoms. The van der Waals surface area contributed by atoms with E-state index in [-0.39, 0.29) is 22.4 Å². The first-order chi connectivity index (χ1) is 12.9. The smallest absolute Gasteiger partial charge is 0.328 e. The van der Waals surface area contributed by atoms with Crippen LogP contribution < -0.4 is 10.5 Å². The largest absolute Gasteiger partial charge is 0.503 e. The number of aromatic nitrogens is 2. The molecule has 0 radical (unpaired) electrons. The zero-order valence-corrected chi connectivity index (χ0v) is 13.8. The van der Waals surface area contributed by atoms with E-state index >= 15 is 0 Å². The summed E-state index contributed by atoms with van der Waals surface area (Å²) in [5.74, 6) is -2.90. The Morgan fingerprint density at radius 2 is 2.00 bits per heavy atom. The standard InChI is InChI=1S/C17H12N4O6/c1-26-8-4-2-7(3-5-8)12-10-9(6-18)20-13(14(22)11(19)17(24)25)15(23)16(10)27-21-12/h2-5,11,23H,19H2,1H3,(H,24,25). The lowest BCUT2D eigenvalue weighted by Crippen LogP contribution is -2.39. The number of hydrogen-bond acceptors (Lipinski definition) is 9. The Bertz CT molecular complexity index is 1100. The second-order valence-corrected chi connectivity index (χ2v) is 5.41. The number of carbonyl (C=O) groups excluding carboxylic acids is 1. The molecule has 4 N–H and O–H groups in total. The van der Waals surface area contributed by atoms with E-state index in [1.165, 1.54) is 7.11 Å². The van der Waals surface area contributed by atoms with Gasteiger partial charge in [-0.2, -0.15) is 5.26 Å². The molecular formula is C17H12N4O6. The molecule has 10 nitrogen and oxygen atoms in total. The predicted molar refractivity (Wildman–Crippen MR) is 90.1 cm³/mol. The lowest BCUT2D eigenvalue weighted by atomic mass is 10.0. The molecule has 3 aromatic rings. The fourth-order valence-electron chi connectivity index (χ4n) is 2.46. The van der Waals surface area contributed by atoms with Crippen molar-refractivity contribution in [3.63, 3.8) is 0 Å². The first-order valence-electron chi connectivity index (χ1n) is 7.48. The summed E-state index contributed by atoms with van der Waals surface area (Å²) in [4.78, 5) is 26.9. The molecule has 1 unspecified atom stereocenters. The van der Waals surface area contributed by atoms with Crippen molar-refractivity contribution in [3.05, 3.63) is 35.7 Å². The van der Waals surface area contributed by atoms with E-state index in [0.29, 0.717) is 11.3 Å². The number of aromatic hydroxyl groups is 1. The Morgan fingerprint density at radius 3 is 2.56 bits per heavy atom. The number of ketones is 1. The maximum absolute atomic E-state index is 12.2. The third-order valence-corrected chi connectivity index (χ3v) is 3.84. The minimum Gasteiger partial charge on any atom is -0.503 e. The van der Waals surface area contributed by atoms with Gasteiger partial charge >= 0.3 is 5.97 Å². The van der Waals surface area contributed by atoms with Gasteiger partial charge in [-0.15, -0.1) is 0 Å². The van der Waals surface area contributed by atoms with E-state index in [2.05, 4.69) is 10.1 Å². The monoisotopic (exact) mass is 368 g/mol. The fraction of sp³-hybridized carbons (Fsp3) is 0.118. The van der Waals surface area contributed by atoms with E-state index in [4.69, 9.17) is 20.1 Å². The van der Waals surface area contributed by atoms with E-state index in [9.17, 15) is 20.0 Å². The van der Waals surface area contributed by atoms with Crippen LogP contribution in [0.1, 0.15) is 16.2 Å². The van der Waals surface area contributed by atoms with Crippen LogP contribution >= 0.6 is 0 Å². The van der Waals surface area contributed by atoms with Crippen molar-refractivity contribution < 1.29 is 29.1 Å². The van der Waals surface area contributed by atoms with Crippen molar-refractivity contribution in [3.8, 4) is 28.8 Å². The van der Waals surface area contributed by atoms with Crippen LogP contribution in [0.15, 0.2) is 28.8 Å². The molecule has 0 fully saturated rings. The van der Waals surface area contributed by atoms with Crippen LogP contribution in [0, 0.1) is 11.3 Å². The molecule has 0 amide bonds. The van der Waals surface area contributed by atoms with Crippen LogP contribution in [-0.4, -0.2) is 45.3 Å². The summed E-state index contributed by atoms with van der Waals surface area (Å²) in [6, 6.07) is 6.50. The fourth-order valence-corrected chi connectivity index (χ4v) is 2.46. The molecular weight excluding hydrogens is 356 g/mol. The van der Waals surface area contributed by atoms with Gasteiger partial charge < -0.3 is 25.2 Å². The topological polar surface area (TPSA) is 173 Å². The number of aliphatic carboxylic acids is 1. The molecule has 136 valence electrons. The molecule has 1 atom stereocenters. The maximum Gasteiger partial charge on any atom is 0.328 e. The molecule has 2 heterocycles. The van der Waals surface area contributed by atoms with Gasteiger partial charge in [0.1, 0.15) is 17.5 Å². The SMILES string of the molecule is COc1ccc(-c2noc3c(O)c(C(=O)C(N)C(=O)O)nc(C#N)c23)cc1. The van der Waals surface area contributed by atoms with Crippen LogP contribution in [-0.2, 0) is 4.79 Å². The summed E-state index contributed by atoms with van der Waals surface area (Å²) in [7, 11) is 1.51. The average molecular weight is 368 g/mol. The Kier molecular flexibility index (Phi) is 4.45.